The molecule has 9 heteroatoms. The van der Waals surface area contributed by atoms with E-state index in [1.54, 1.807) is 18.9 Å². The summed E-state index contributed by atoms with van der Waals surface area (Å²) in [6, 6.07) is 1.26. The van der Waals surface area contributed by atoms with Crippen molar-refractivity contribution in [2.24, 2.45) is 5.73 Å². The van der Waals surface area contributed by atoms with Gasteiger partial charge in [0, 0.05) is 21.1 Å². The van der Waals surface area contributed by atoms with Crippen molar-refractivity contribution in [3.63, 3.8) is 0 Å². The topological polar surface area (TPSA) is 122 Å². The van der Waals surface area contributed by atoms with Gasteiger partial charge in [0.05, 0.1) is 17.9 Å². The fourth-order valence-corrected chi connectivity index (χ4v) is 1.96. The number of rotatable bonds is 5. The average Bonchev–Trinajstić information content (AvgIpc) is 2.82. The molecule has 9 nitrogen and oxygen atoms in total. The van der Waals surface area contributed by atoms with Crippen LogP contribution in [-0.2, 0) is 6.54 Å². The molecule has 0 spiro atoms. The maximum atomic E-state index is 10.8. The van der Waals surface area contributed by atoms with E-state index in [0.29, 0.717) is 17.0 Å². The Hall–Kier alpha value is -2.71. The molecular weight excluding hydrogens is 260 g/mol. The van der Waals surface area contributed by atoms with Crippen molar-refractivity contribution in [2.75, 3.05) is 37.2 Å². The van der Waals surface area contributed by atoms with Crippen molar-refractivity contribution in [1.29, 1.82) is 0 Å². The minimum absolute atomic E-state index is 0.258. The second-order valence-electron chi connectivity index (χ2n) is 4.06. The lowest BCUT2D eigenvalue weighted by molar-refractivity contribution is 0.248. The molecule has 108 valence electrons. The molecule has 2 rings (SSSR count). The molecule has 0 aliphatic carbocycles. The van der Waals surface area contributed by atoms with Gasteiger partial charge in [-0.3, -0.25) is 0 Å². The normalized spacial score (nSPS) is 10.3. The van der Waals surface area contributed by atoms with Gasteiger partial charge in [-0.2, -0.15) is 4.79 Å². The smallest absolute Gasteiger partial charge is 0.312 e. The van der Waals surface area contributed by atoms with Crippen molar-refractivity contribution in [3.8, 4) is 0 Å². The van der Waals surface area contributed by atoms with Gasteiger partial charge in [-0.15, -0.1) is 5.10 Å². The van der Waals surface area contributed by atoms with Crippen LogP contribution in [0.25, 0.3) is 11.0 Å². The molecule has 2 amide bonds. The van der Waals surface area contributed by atoms with Crippen LogP contribution in [0, 0.1) is 0 Å². The van der Waals surface area contributed by atoms with E-state index in [-0.39, 0.29) is 6.54 Å². The molecule has 6 N–H and O–H groups in total. The van der Waals surface area contributed by atoms with Gasteiger partial charge < -0.3 is 27.1 Å². The average molecular weight is 278 g/mol. The molecular formula is C11H18N8O. The molecule has 0 aliphatic rings. The highest BCUT2D eigenvalue weighted by atomic mass is 16.2. The Kier molecular flexibility index (Phi) is 3.78. The zero-order valence-electron chi connectivity index (χ0n) is 11.6. The lowest BCUT2D eigenvalue weighted by atomic mass is 10.2. The first-order valence-electron chi connectivity index (χ1n) is 6.10. The van der Waals surface area contributed by atoms with Crippen LogP contribution in [0.1, 0.15) is 5.69 Å². The number of primary amides is 1. The van der Waals surface area contributed by atoms with Gasteiger partial charge >= 0.3 is 6.03 Å². The molecule has 20 heavy (non-hydrogen) atoms. The van der Waals surface area contributed by atoms with Gasteiger partial charge in [0.15, 0.2) is 5.82 Å². The van der Waals surface area contributed by atoms with Crippen LogP contribution in [0.2, 0.25) is 0 Å². The Balaban J connectivity index is 2.56. The lowest BCUT2D eigenvalue weighted by Crippen LogP contribution is -2.29. The van der Waals surface area contributed by atoms with E-state index in [1.165, 1.54) is 0 Å². The Morgan fingerprint density at radius 3 is 2.65 bits per heavy atom. The minimum Gasteiger partial charge on any atom is -0.386 e. The number of carbonyl (C=O) groups excluding carboxylic acids is 1. The molecule has 0 aliphatic heterocycles. The highest BCUT2D eigenvalue weighted by molar-refractivity contribution is 5.95. The number of pyridine rings is 1. The van der Waals surface area contributed by atoms with Gasteiger partial charge in [0.1, 0.15) is 11.0 Å². The summed E-state index contributed by atoms with van der Waals surface area (Å²) in [4.78, 5) is 16.9. The van der Waals surface area contributed by atoms with Gasteiger partial charge in [-0.05, 0) is 6.07 Å². The fraction of sp³-hybridized carbons (Fsp3) is 0.364. The van der Waals surface area contributed by atoms with E-state index in [0.717, 1.165) is 11.2 Å². The zero-order chi connectivity index (χ0) is 14.7. The Labute approximate surface area is 115 Å². The number of urea groups is 1. The highest BCUT2D eigenvalue weighted by Gasteiger charge is 2.16. The zero-order valence-corrected chi connectivity index (χ0v) is 11.6. The van der Waals surface area contributed by atoms with Crippen LogP contribution in [0.5, 0.6) is 0 Å². The summed E-state index contributed by atoms with van der Waals surface area (Å²) in [6.45, 7) is 0.258. The van der Waals surface area contributed by atoms with Crippen molar-refractivity contribution >= 4 is 28.6 Å². The molecule has 2 aromatic rings. The summed E-state index contributed by atoms with van der Waals surface area (Å²) < 4.78 is 0. The number of hydrogen-bond acceptors (Lipinski definition) is 6. The van der Waals surface area contributed by atoms with Crippen molar-refractivity contribution in [3.05, 3.63) is 11.8 Å². The standard InChI is InChI=1S/C11H18N8O/c1-13-7-4-6(5-16-11(12)20)17-8-9(7)19(15-3)18-10(8)14-2/h4,15H,5H2,1-3H3,(H,13,17)(H,14,18)(H3,12,16,20). The molecule has 2 aromatic heterocycles. The van der Waals surface area contributed by atoms with E-state index >= 15 is 0 Å². The van der Waals surface area contributed by atoms with E-state index in [4.69, 9.17) is 5.73 Å². The molecule has 0 saturated carbocycles. The van der Waals surface area contributed by atoms with Crippen LogP contribution < -0.4 is 27.1 Å². The molecule has 0 atom stereocenters. The molecule has 0 radical (unpaired) electrons. The predicted molar refractivity (Wildman–Crippen MR) is 78.3 cm³/mol. The predicted octanol–water partition coefficient (Wildman–Crippen LogP) is -0.144. The molecule has 0 fully saturated rings. The van der Waals surface area contributed by atoms with Crippen LogP contribution >= 0.6 is 0 Å². The van der Waals surface area contributed by atoms with E-state index in [2.05, 4.69) is 31.5 Å². The number of nitrogens with two attached hydrogens (primary N) is 1. The minimum atomic E-state index is -0.585. The van der Waals surface area contributed by atoms with Crippen molar-refractivity contribution in [1.82, 2.24) is 20.2 Å². The number of nitrogens with one attached hydrogen (secondary N) is 4. The quantitative estimate of drug-likeness (QED) is 0.519. The number of anilines is 2. The number of aromatic nitrogens is 3. The largest absolute Gasteiger partial charge is 0.386 e. The third-order valence-electron chi connectivity index (χ3n) is 2.84. The summed E-state index contributed by atoms with van der Waals surface area (Å²) in [7, 11) is 5.36. The summed E-state index contributed by atoms with van der Waals surface area (Å²) in [5.41, 5.74) is 11.1. The van der Waals surface area contributed by atoms with Crippen molar-refractivity contribution in [2.45, 2.75) is 6.54 Å². The Morgan fingerprint density at radius 2 is 2.10 bits per heavy atom. The maximum Gasteiger partial charge on any atom is 0.312 e. The first kappa shape index (κ1) is 13.7. The number of hydrogen-bond donors (Lipinski definition) is 5. The van der Waals surface area contributed by atoms with Crippen LogP contribution in [0.4, 0.5) is 16.3 Å². The van der Waals surface area contributed by atoms with Gasteiger partial charge in [-0.25, -0.2) is 9.78 Å². The van der Waals surface area contributed by atoms with Crippen LogP contribution in [-0.4, -0.2) is 42.0 Å². The third kappa shape index (κ3) is 2.37. The van der Waals surface area contributed by atoms with Crippen molar-refractivity contribution < 1.29 is 4.79 Å². The highest BCUT2D eigenvalue weighted by Crippen LogP contribution is 2.27. The van der Waals surface area contributed by atoms with Crippen LogP contribution in [0.3, 0.4) is 0 Å². The van der Waals surface area contributed by atoms with Gasteiger partial charge in [0.2, 0.25) is 0 Å². The van der Waals surface area contributed by atoms with Gasteiger partial charge in [-0.1, -0.05) is 0 Å². The second-order valence-corrected chi connectivity index (χ2v) is 4.06. The van der Waals surface area contributed by atoms with E-state index in [1.807, 2.05) is 13.1 Å². The van der Waals surface area contributed by atoms with E-state index < -0.39 is 6.03 Å². The molecule has 0 bridgehead atoms. The fourth-order valence-electron chi connectivity index (χ4n) is 1.96. The first-order chi connectivity index (χ1) is 9.60. The van der Waals surface area contributed by atoms with E-state index in [9.17, 15) is 4.79 Å². The molecule has 2 heterocycles. The second kappa shape index (κ2) is 5.51. The maximum absolute atomic E-state index is 10.8. The summed E-state index contributed by atoms with van der Waals surface area (Å²) >= 11 is 0. The molecule has 0 aromatic carbocycles. The van der Waals surface area contributed by atoms with Crippen LogP contribution in [0.15, 0.2) is 6.07 Å². The SMILES string of the molecule is CNc1nn(NC)c2c(NC)cc(CNC(N)=O)nc12. The molecule has 0 saturated heterocycles. The number of carbonyl (C=O) groups is 1. The lowest BCUT2D eigenvalue weighted by Gasteiger charge is -2.09. The summed E-state index contributed by atoms with van der Waals surface area (Å²) in [5, 5.41) is 13.0. The summed E-state index contributed by atoms with van der Waals surface area (Å²) in [6.07, 6.45) is 0. The Bertz CT molecular complexity index is 635. The number of fused-ring (bicyclic) bond motifs is 1. The number of nitrogens with zero attached hydrogens (tertiary/aromatic N) is 3. The van der Waals surface area contributed by atoms with Gasteiger partial charge in [0.25, 0.3) is 0 Å². The molecule has 0 unspecified atom stereocenters. The number of amides is 2. The third-order valence-corrected chi connectivity index (χ3v) is 2.84. The Morgan fingerprint density at radius 1 is 1.35 bits per heavy atom. The summed E-state index contributed by atoms with van der Waals surface area (Å²) in [5.74, 6) is 0.645. The monoisotopic (exact) mass is 278 g/mol. The first-order valence-corrected chi connectivity index (χ1v) is 6.10.